The van der Waals surface area contributed by atoms with Crippen molar-refractivity contribution in [3.8, 4) is 5.75 Å². The van der Waals surface area contributed by atoms with Crippen LogP contribution in [0.4, 0.5) is 11.4 Å². The predicted molar refractivity (Wildman–Crippen MR) is 64.4 cm³/mol. The lowest BCUT2D eigenvalue weighted by Gasteiger charge is -2.15. The summed E-state index contributed by atoms with van der Waals surface area (Å²) in [6.45, 7) is 0. The van der Waals surface area contributed by atoms with Gasteiger partial charge in [0.05, 0.1) is 11.4 Å². The van der Waals surface area contributed by atoms with Crippen molar-refractivity contribution in [1.82, 2.24) is 0 Å². The molecule has 1 aliphatic carbocycles. The molecule has 0 heterocycles. The fraction of sp³-hybridized carbons (Fsp3) is 0.273. The number of anilines is 2. The second-order valence-electron chi connectivity index (χ2n) is 3.91. The van der Waals surface area contributed by atoms with Gasteiger partial charge in [0, 0.05) is 24.2 Å². The Morgan fingerprint density at radius 1 is 1.25 bits per heavy atom. The summed E-state index contributed by atoms with van der Waals surface area (Å²) in [5.41, 5.74) is 13.3. The second-order valence-corrected chi connectivity index (χ2v) is 3.91. The molecule has 0 aliphatic heterocycles. The highest BCUT2D eigenvalue weighted by molar-refractivity contribution is 6.11. The van der Waals surface area contributed by atoms with Crippen molar-refractivity contribution in [2.45, 2.75) is 18.9 Å². The van der Waals surface area contributed by atoms with Crippen molar-refractivity contribution < 1.29 is 4.74 Å². The van der Waals surface area contributed by atoms with E-state index >= 15 is 0 Å². The van der Waals surface area contributed by atoms with Crippen molar-refractivity contribution in [2.75, 3.05) is 11.5 Å². The zero-order valence-corrected chi connectivity index (χ0v) is 8.79. The molecule has 0 bridgehead atoms. The van der Waals surface area contributed by atoms with Crippen LogP contribution in [0.2, 0.25) is 0 Å². The minimum atomic E-state index is -0.349. The molecule has 16 heavy (non-hydrogen) atoms. The van der Waals surface area contributed by atoms with Gasteiger partial charge in [0.2, 0.25) is 0 Å². The molecule has 0 unspecified atom stereocenters. The molecule has 0 saturated heterocycles. The Kier molecular flexibility index (Phi) is 2.52. The first-order valence-electron chi connectivity index (χ1n) is 5.01. The Labute approximate surface area is 93.4 Å². The molecule has 1 atom stereocenters. The van der Waals surface area contributed by atoms with Crippen LogP contribution in [0.25, 0.3) is 0 Å². The van der Waals surface area contributed by atoms with Crippen LogP contribution in [0.1, 0.15) is 12.8 Å². The predicted octanol–water partition coefficient (Wildman–Crippen LogP) is 1.43. The van der Waals surface area contributed by atoms with E-state index in [-0.39, 0.29) is 6.10 Å². The summed E-state index contributed by atoms with van der Waals surface area (Å²) in [5, 5.41) is 15.2. The van der Waals surface area contributed by atoms with Gasteiger partial charge in [0.25, 0.3) is 0 Å². The third-order valence-electron chi connectivity index (χ3n) is 2.53. The summed E-state index contributed by atoms with van der Waals surface area (Å²) >= 11 is 0. The SMILES string of the molecule is N=C1CC(=N)[C@H](Oc2ccc(N)cc2N)C1. The van der Waals surface area contributed by atoms with Crippen molar-refractivity contribution in [2.24, 2.45) is 0 Å². The van der Waals surface area contributed by atoms with Crippen molar-refractivity contribution in [3.63, 3.8) is 0 Å². The maximum atomic E-state index is 7.67. The van der Waals surface area contributed by atoms with Gasteiger partial charge in [-0.2, -0.15) is 0 Å². The van der Waals surface area contributed by atoms with Gasteiger partial charge in [-0.3, -0.25) is 0 Å². The molecule has 1 saturated carbocycles. The minimum absolute atomic E-state index is 0.349. The minimum Gasteiger partial charge on any atom is -0.482 e. The second kappa shape index (κ2) is 3.84. The van der Waals surface area contributed by atoms with Crippen LogP contribution in [0.3, 0.4) is 0 Å². The third kappa shape index (κ3) is 1.98. The van der Waals surface area contributed by atoms with E-state index in [0.29, 0.717) is 41.4 Å². The van der Waals surface area contributed by atoms with Crippen LogP contribution in [0, 0.1) is 10.8 Å². The summed E-state index contributed by atoms with van der Waals surface area (Å²) in [6.07, 6.45) is 0.528. The van der Waals surface area contributed by atoms with E-state index in [2.05, 4.69) is 0 Å². The summed E-state index contributed by atoms with van der Waals surface area (Å²) in [4.78, 5) is 0. The molecule has 84 valence electrons. The van der Waals surface area contributed by atoms with Crippen LogP contribution in [0.5, 0.6) is 5.75 Å². The number of nitrogens with two attached hydrogens (primary N) is 2. The number of ether oxygens (including phenoxy) is 1. The van der Waals surface area contributed by atoms with Crippen LogP contribution in [-0.4, -0.2) is 17.5 Å². The van der Waals surface area contributed by atoms with E-state index in [4.69, 9.17) is 27.0 Å². The Balaban J connectivity index is 2.15. The zero-order valence-electron chi connectivity index (χ0n) is 8.79. The molecular weight excluding hydrogens is 204 g/mol. The fourth-order valence-electron chi connectivity index (χ4n) is 1.70. The van der Waals surface area contributed by atoms with E-state index in [9.17, 15) is 0 Å². The van der Waals surface area contributed by atoms with Crippen LogP contribution in [-0.2, 0) is 0 Å². The number of nitrogen functional groups attached to an aromatic ring is 2. The average Bonchev–Trinajstić information content (AvgIpc) is 2.50. The molecule has 1 aromatic rings. The van der Waals surface area contributed by atoms with Gasteiger partial charge in [-0.15, -0.1) is 0 Å². The van der Waals surface area contributed by atoms with Crippen LogP contribution >= 0.6 is 0 Å². The normalized spacial score (nSPS) is 20.1. The molecule has 5 nitrogen and oxygen atoms in total. The Bertz CT molecular complexity index is 455. The van der Waals surface area contributed by atoms with Gasteiger partial charge in [-0.05, 0) is 18.2 Å². The van der Waals surface area contributed by atoms with Gasteiger partial charge in [0.15, 0.2) is 0 Å². The highest BCUT2D eigenvalue weighted by Crippen LogP contribution is 2.27. The van der Waals surface area contributed by atoms with E-state index in [1.54, 1.807) is 18.2 Å². The maximum Gasteiger partial charge on any atom is 0.143 e. The van der Waals surface area contributed by atoms with Crippen molar-refractivity contribution >= 4 is 22.8 Å². The standard InChI is InChI=1S/C11H14N4O/c12-6-1-2-10(8(14)3-6)16-11-5-7(13)4-9(11)15/h1-3,11,13,15H,4-5,12,14H2/t11-/m1/s1. The van der Waals surface area contributed by atoms with E-state index in [1.807, 2.05) is 0 Å². The summed E-state index contributed by atoms with van der Waals surface area (Å²) < 4.78 is 5.60. The number of rotatable bonds is 2. The van der Waals surface area contributed by atoms with E-state index < -0.39 is 0 Å². The van der Waals surface area contributed by atoms with Crippen molar-refractivity contribution in [3.05, 3.63) is 18.2 Å². The lowest BCUT2D eigenvalue weighted by Crippen LogP contribution is -2.21. The monoisotopic (exact) mass is 218 g/mol. The number of benzene rings is 1. The molecule has 0 amide bonds. The van der Waals surface area contributed by atoms with E-state index in [1.165, 1.54) is 0 Å². The smallest absolute Gasteiger partial charge is 0.143 e. The van der Waals surface area contributed by atoms with E-state index in [0.717, 1.165) is 0 Å². The lowest BCUT2D eigenvalue weighted by molar-refractivity contribution is 0.280. The largest absolute Gasteiger partial charge is 0.482 e. The number of hydrogen-bond acceptors (Lipinski definition) is 5. The summed E-state index contributed by atoms with van der Waals surface area (Å²) in [6, 6.07) is 5.02. The molecule has 0 radical (unpaired) electrons. The van der Waals surface area contributed by atoms with Crippen molar-refractivity contribution in [1.29, 1.82) is 10.8 Å². The number of hydrogen-bond donors (Lipinski definition) is 4. The molecule has 5 heteroatoms. The first-order valence-corrected chi connectivity index (χ1v) is 5.01. The van der Waals surface area contributed by atoms with Gasteiger partial charge in [0.1, 0.15) is 11.9 Å². The number of nitrogens with one attached hydrogen (secondary N) is 2. The quantitative estimate of drug-likeness (QED) is 0.564. The summed E-state index contributed by atoms with van der Waals surface area (Å²) in [7, 11) is 0. The topological polar surface area (TPSA) is 109 Å². The Hall–Kier alpha value is -2.04. The third-order valence-corrected chi connectivity index (χ3v) is 2.53. The first-order chi connectivity index (χ1) is 7.56. The highest BCUT2D eigenvalue weighted by Gasteiger charge is 2.27. The average molecular weight is 218 g/mol. The highest BCUT2D eigenvalue weighted by atomic mass is 16.5. The molecule has 1 aromatic carbocycles. The zero-order chi connectivity index (χ0) is 11.7. The molecule has 1 aliphatic rings. The van der Waals surface area contributed by atoms with Gasteiger partial charge >= 0.3 is 0 Å². The molecule has 1 fully saturated rings. The fourth-order valence-corrected chi connectivity index (χ4v) is 1.70. The molecule has 0 spiro atoms. The molecular formula is C11H14N4O. The maximum absolute atomic E-state index is 7.67. The first kappa shape index (κ1) is 10.5. The molecule has 0 aromatic heterocycles. The molecule has 2 rings (SSSR count). The van der Waals surface area contributed by atoms with Gasteiger partial charge in [-0.1, -0.05) is 0 Å². The van der Waals surface area contributed by atoms with Crippen LogP contribution in [0.15, 0.2) is 18.2 Å². The lowest BCUT2D eigenvalue weighted by atomic mass is 10.2. The Morgan fingerprint density at radius 2 is 2.00 bits per heavy atom. The van der Waals surface area contributed by atoms with Crippen LogP contribution < -0.4 is 16.2 Å². The van der Waals surface area contributed by atoms with Gasteiger partial charge in [-0.25, -0.2) is 0 Å². The van der Waals surface area contributed by atoms with Gasteiger partial charge < -0.3 is 27.0 Å². The Morgan fingerprint density at radius 3 is 2.56 bits per heavy atom. The summed E-state index contributed by atoms with van der Waals surface area (Å²) in [5.74, 6) is 0.527. The molecule has 6 N–H and O–H groups in total.